The van der Waals surface area contributed by atoms with Crippen LogP contribution in [0.2, 0.25) is 0 Å². The highest BCUT2D eigenvalue weighted by molar-refractivity contribution is 5.94. The number of rotatable bonds is 10. The average molecular weight is 357 g/mol. The van der Waals surface area contributed by atoms with Gasteiger partial charge < -0.3 is 9.80 Å². The van der Waals surface area contributed by atoms with E-state index in [0.29, 0.717) is 0 Å². The van der Waals surface area contributed by atoms with Crippen LogP contribution in [0.4, 0.5) is 11.4 Å². The second kappa shape index (κ2) is 8.59. The van der Waals surface area contributed by atoms with Crippen molar-refractivity contribution >= 4 is 11.4 Å². The molecule has 0 fully saturated rings. The maximum atomic E-state index is 3.93. The first-order chi connectivity index (χ1) is 13.2. The molecule has 2 nitrogen and oxygen atoms in total. The highest BCUT2D eigenvalue weighted by Crippen LogP contribution is 2.47. The van der Waals surface area contributed by atoms with E-state index in [0.717, 1.165) is 32.6 Å². The van der Waals surface area contributed by atoms with E-state index in [-0.39, 0.29) is 0 Å². The highest BCUT2D eigenvalue weighted by atomic mass is 15.1. The van der Waals surface area contributed by atoms with Gasteiger partial charge in [-0.3, -0.25) is 0 Å². The lowest BCUT2D eigenvalue weighted by Gasteiger charge is -2.28. The fraction of sp³-hybridized carbons (Fsp3) is 0.200. The summed E-state index contributed by atoms with van der Waals surface area (Å²) in [7, 11) is 0. The molecular weight excluding hydrogens is 328 g/mol. The van der Waals surface area contributed by atoms with Gasteiger partial charge in [-0.1, -0.05) is 48.6 Å². The van der Waals surface area contributed by atoms with Crippen molar-refractivity contribution in [2.75, 3.05) is 36.0 Å². The summed E-state index contributed by atoms with van der Waals surface area (Å²) >= 11 is 0. The fourth-order valence-electron chi connectivity index (χ4n) is 3.94. The molecule has 2 aromatic carbocycles. The van der Waals surface area contributed by atoms with Gasteiger partial charge in [-0.05, 0) is 29.7 Å². The predicted molar refractivity (Wildman–Crippen MR) is 120 cm³/mol. The summed E-state index contributed by atoms with van der Waals surface area (Å²) < 4.78 is 0. The van der Waals surface area contributed by atoms with Crippen molar-refractivity contribution in [2.24, 2.45) is 0 Å². The molecule has 0 bridgehead atoms. The first-order valence-electron chi connectivity index (χ1n) is 9.42. The normalized spacial score (nSPS) is 11.3. The zero-order valence-electron chi connectivity index (χ0n) is 16.0. The van der Waals surface area contributed by atoms with Crippen molar-refractivity contribution in [2.45, 2.75) is 6.42 Å². The van der Waals surface area contributed by atoms with Crippen LogP contribution in [-0.2, 0) is 6.42 Å². The van der Waals surface area contributed by atoms with E-state index in [1.807, 2.05) is 24.3 Å². The molecule has 0 spiro atoms. The fourth-order valence-corrected chi connectivity index (χ4v) is 3.94. The van der Waals surface area contributed by atoms with E-state index in [9.17, 15) is 0 Å². The Labute approximate surface area is 163 Å². The standard InChI is InChI=1S/C25H28N2/c1-5-15-26(16-6-2)22-13-9-11-20-19-21-12-10-14-23(25(21)24(20)22)27(17-7-3)18-8-4/h5-14H,1-4,15-19H2. The van der Waals surface area contributed by atoms with E-state index in [4.69, 9.17) is 0 Å². The van der Waals surface area contributed by atoms with Gasteiger partial charge in [0, 0.05) is 48.7 Å². The SMILES string of the molecule is C=CCN(CC=C)c1cccc2c1-c1c(cccc1N(CC=C)CC=C)C2. The lowest BCUT2D eigenvalue weighted by Crippen LogP contribution is -2.25. The van der Waals surface area contributed by atoms with Crippen LogP contribution in [0.3, 0.4) is 0 Å². The summed E-state index contributed by atoms with van der Waals surface area (Å²) in [5.41, 5.74) is 7.93. The Morgan fingerprint density at radius 2 is 1.00 bits per heavy atom. The summed E-state index contributed by atoms with van der Waals surface area (Å²) in [4.78, 5) is 4.66. The van der Waals surface area contributed by atoms with Gasteiger partial charge in [-0.2, -0.15) is 0 Å². The summed E-state index contributed by atoms with van der Waals surface area (Å²) in [6, 6.07) is 13.2. The Morgan fingerprint density at radius 3 is 1.33 bits per heavy atom. The van der Waals surface area contributed by atoms with Crippen molar-refractivity contribution in [3.8, 4) is 11.1 Å². The molecule has 0 aromatic heterocycles. The van der Waals surface area contributed by atoms with Gasteiger partial charge in [0.2, 0.25) is 0 Å². The van der Waals surface area contributed by atoms with Gasteiger partial charge in [0.1, 0.15) is 0 Å². The topological polar surface area (TPSA) is 6.48 Å². The second-order valence-electron chi connectivity index (χ2n) is 6.76. The van der Waals surface area contributed by atoms with E-state index in [1.165, 1.54) is 33.6 Å². The van der Waals surface area contributed by atoms with Crippen molar-refractivity contribution in [3.05, 3.63) is 98.1 Å². The predicted octanol–water partition coefficient (Wildman–Crippen LogP) is 5.61. The molecule has 2 aromatic rings. The molecule has 0 heterocycles. The zero-order valence-corrected chi connectivity index (χ0v) is 16.0. The van der Waals surface area contributed by atoms with Gasteiger partial charge in [0.15, 0.2) is 0 Å². The molecule has 0 unspecified atom stereocenters. The first kappa shape index (κ1) is 18.8. The van der Waals surface area contributed by atoms with Crippen LogP contribution in [0.5, 0.6) is 0 Å². The molecule has 0 aliphatic heterocycles. The number of fused-ring (bicyclic) bond motifs is 3. The minimum atomic E-state index is 0.795. The quantitative estimate of drug-likeness (QED) is 0.435. The van der Waals surface area contributed by atoms with Gasteiger partial charge in [-0.25, -0.2) is 0 Å². The summed E-state index contributed by atoms with van der Waals surface area (Å²) in [6.07, 6.45) is 8.77. The molecule has 0 atom stereocenters. The van der Waals surface area contributed by atoms with E-state index < -0.39 is 0 Å². The van der Waals surface area contributed by atoms with Crippen molar-refractivity contribution in [3.63, 3.8) is 0 Å². The molecule has 27 heavy (non-hydrogen) atoms. The lowest BCUT2D eigenvalue weighted by atomic mass is 10.00. The van der Waals surface area contributed by atoms with Gasteiger partial charge >= 0.3 is 0 Å². The molecular formula is C25H28N2. The van der Waals surface area contributed by atoms with Crippen LogP contribution in [-0.4, -0.2) is 26.2 Å². The number of hydrogen-bond acceptors (Lipinski definition) is 2. The van der Waals surface area contributed by atoms with Crippen LogP contribution in [0, 0.1) is 0 Å². The van der Waals surface area contributed by atoms with Crippen molar-refractivity contribution < 1.29 is 0 Å². The molecule has 1 aliphatic rings. The Kier molecular flexibility index (Phi) is 5.97. The minimum Gasteiger partial charge on any atom is -0.364 e. The van der Waals surface area contributed by atoms with Crippen LogP contribution in [0.25, 0.3) is 11.1 Å². The molecule has 3 rings (SSSR count). The van der Waals surface area contributed by atoms with Gasteiger partial charge in [0.25, 0.3) is 0 Å². The minimum absolute atomic E-state index is 0.795. The van der Waals surface area contributed by atoms with E-state index in [2.05, 4.69) is 72.5 Å². The lowest BCUT2D eigenvalue weighted by molar-refractivity contribution is 0.951. The van der Waals surface area contributed by atoms with Crippen molar-refractivity contribution in [1.29, 1.82) is 0 Å². The number of benzene rings is 2. The van der Waals surface area contributed by atoms with Crippen LogP contribution in [0.15, 0.2) is 87.0 Å². The Balaban J connectivity index is 2.19. The van der Waals surface area contributed by atoms with Crippen molar-refractivity contribution in [1.82, 2.24) is 0 Å². The van der Waals surface area contributed by atoms with Crippen LogP contribution in [0.1, 0.15) is 11.1 Å². The molecule has 0 amide bonds. The largest absolute Gasteiger partial charge is 0.364 e. The Morgan fingerprint density at radius 1 is 0.630 bits per heavy atom. The average Bonchev–Trinajstić information content (AvgIpc) is 3.06. The van der Waals surface area contributed by atoms with Crippen LogP contribution >= 0.6 is 0 Å². The molecule has 0 radical (unpaired) electrons. The summed E-state index contributed by atoms with van der Waals surface area (Å²) in [5.74, 6) is 0. The third-order valence-corrected chi connectivity index (χ3v) is 4.97. The third kappa shape index (κ3) is 3.61. The number of anilines is 2. The Hall–Kier alpha value is -3.00. The molecule has 0 saturated carbocycles. The third-order valence-electron chi connectivity index (χ3n) is 4.97. The zero-order chi connectivity index (χ0) is 19.2. The monoisotopic (exact) mass is 356 g/mol. The second-order valence-corrected chi connectivity index (χ2v) is 6.76. The molecule has 2 heteroatoms. The maximum absolute atomic E-state index is 3.93. The van der Waals surface area contributed by atoms with Gasteiger partial charge in [0.05, 0.1) is 0 Å². The van der Waals surface area contributed by atoms with Gasteiger partial charge in [-0.15, -0.1) is 26.3 Å². The Bertz CT molecular complexity index is 771. The summed E-state index contributed by atoms with van der Waals surface area (Å²) in [6.45, 7) is 18.9. The first-order valence-corrected chi connectivity index (χ1v) is 9.42. The smallest absolute Gasteiger partial charge is 0.0455 e. The van der Waals surface area contributed by atoms with E-state index >= 15 is 0 Å². The maximum Gasteiger partial charge on any atom is 0.0455 e. The van der Waals surface area contributed by atoms with Crippen LogP contribution < -0.4 is 9.80 Å². The molecule has 1 aliphatic carbocycles. The highest BCUT2D eigenvalue weighted by Gasteiger charge is 2.27. The molecule has 0 N–H and O–H groups in total. The number of hydrogen-bond donors (Lipinski definition) is 0. The summed E-state index contributed by atoms with van der Waals surface area (Å²) in [5, 5.41) is 0. The molecule has 0 saturated heterocycles. The molecule has 138 valence electrons. The van der Waals surface area contributed by atoms with E-state index in [1.54, 1.807) is 0 Å². The number of nitrogens with zero attached hydrogens (tertiary/aromatic N) is 2.